The molecule has 6 nitrogen and oxygen atoms in total. The Labute approximate surface area is 179 Å². The second-order valence-corrected chi connectivity index (χ2v) is 8.14. The first-order valence-electron chi connectivity index (χ1n) is 9.62. The summed E-state index contributed by atoms with van der Waals surface area (Å²) < 4.78 is 0. The molecule has 2 aromatic rings. The van der Waals surface area contributed by atoms with Gasteiger partial charge in [-0.2, -0.15) is 11.3 Å². The number of carbonyl (C=O) groups excluding carboxylic acids is 3. The first kappa shape index (κ1) is 21.5. The van der Waals surface area contributed by atoms with Crippen LogP contribution in [0.5, 0.6) is 0 Å². The Morgan fingerprint density at radius 3 is 2.34 bits per heavy atom. The minimum absolute atomic E-state index is 0.0118. The lowest BCUT2D eigenvalue weighted by Crippen LogP contribution is -2.50. The van der Waals surface area contributed by atoms with Gasteiger partial charge in [0.2, 0.25) is 5.91 Å². The van der Waals surface area contributed by atoms with Crippen LogP contribution in [0.2, 0.25) is 5.02 Å². The van der Waals surface area contributed by atoms with Crippen LogP contribution in [0.1, 0.15) is 33.6 Å². The predicted octanol–water partition coefficient (Wildman–Crippen LogP) is 2.94. The topological polar surface area (TPSA) is 69.7 Å². The molecule has 1 aliphatic rings. The summed E-state index contributed by atoms with van der Waals surface area (Å²) in [6, 6.07) is 8.54. The van der Waals surface area contributed by atoms with Gasteiger partial charge in [0.05, 0.1) is 0 Å². The van der Waals surface area contributed by atoms with E-state index in [9.17, 15) is 14.4 Å². The fraction of sp³-hybridized carbons (Fsp3) is 0.381. The van der Waals surface area contributed by atoms with Gasteiger partial charge in [0.15, 0.2) is 5.78 Å². The van der Waals surface area contributed by atoms with E-state index < -0.39 is 0 Å². The quantitative estimate of drug-likeness (QED) is 0.650. The predicted molar refractivity (Wildman–Crippen MR) is 115 cm³/mol. The SMILES string of the molecule is O=C(CCC(=O)N1CCN(CCNC(=O)c2ccsc2)CC1)c1ccc(Cl)cc1. The van der Waals surface area contributed by atoms with E-state index in [0.717, 1.165) is 19.6 Å². The van der Waals surface area contributed by atoms with Crippen molar-refractivity contribution in [2.45, 2.75) is 12.8 Å². The maximum Gasteiger partial charge on any atom is 0.252 e. The highest BCUT2D eigenvalue weighted by molar-refractivity contribution is 7.08. The second-order valence-electron chi connectivity index (χ2n) is 6.92. The Morgan fingerprint density at radius 1 is 0.966 bits per heavy atom. The molecule has 0 atom stereocenters. The number of hydrogen-bond acceptors (Lipinski definition) is 5. The van der Waals surface area contributed by atoms with Crippen LogP contribution < -0.4 is 5.32 Å². The van der Waals surface area contributed by atoms with Crippen molar-refractivity contribution in [2.24, 2.45) is 0 Å². The standard InChI is InChI=1S/C21H24ClN3O3S/c22-18-3-1-16(2-4-18)19(26)5-6-20(27)25-12-10-24(11-13-25)9-8-23-21(28)17-7-14-29-15-17/h1-4,7,14-15H,5-6,8-13H2,(H,23,28). The molecule has 29 heavy (non-hydrogen) atoms. The number of Topliss-reactive ketones (excluding diaryl/α,β-unsaturated/α-hetero) is 1. The third-order valence-corrected chi connectivity index (χ3v) is 5.89. The molecule has 0 bridgehead atoms. The Bertz CT molecular complexity index is 831. The summed E-state index contributed by atoms with van der Waals surface area (Å²) >= 11 is 7.33. The van der Waals surface area contributed by atoms with E-state index in [1.165, 1.54) is 11.3 Å². The zero-order valence-corrected chi connectivity index (χ0v) is 17.7. The van der Waals surface area contributed by atoms with Gasteiger partial charge in [-0.3, -0.25) is 19.3 Å². The number of piperazine rings is 1. The first-order chi connectivity index (χ1) is 14.0. The van der Waals surface area contributed by atoms with E-state index in [4.69, 9.17) is 11.6 Å². The molecule has 0 radical (unpaired) electrons. The Hall–Kier alpha value is -2.22. The first-order valence-corrected chi connectivity index (χ1v) is 10.9. The number of nitrogens with one attached hydrogen (secondary N) is 1. The van der Waals surface area contributed by atoms with Gasteiger partial charge in [0.1, 0.15) is 0 Å². The lowest BCUT2D eigenvalue weighted by molar-refractivity contribution is -0.132. The molecule has 3 rings (SSSR count). The van der Waals surface area contributed by atoms with Crippen LogP contribution in [0, 0.1) is 0 Å². The summed E-state index contributed by atoms with van der Waals surface area (Å²) in [5.74, 6) is -0.0850. The van der Waals surface area contributed by atoms with Gasteiger partial charge in [0.25, 0.3) is 5.91 Å². The highest BCUT2D eigenvalue weighted by Gasteiger charge is 2.21. The lowest BCUT2D eigenvalue weighted by Gasteiger charge is -2.34. The molecule has 154 valence electrons. The van der Waals surface area contributed by atoms with Gasteiger partial charge >= 0.3 is 0 Å². The fourth-order valence-corrected chi connectivity index (χ4v) is 3.96. The number of carbonyl (C=O) groups is 3. The highest BCUT2D eigenvalue weighted by atomic mass is 35.5. The number of benzene rings is 1. The zero-order valence-electron chi connectivity index (χ0n) is 16.1. The van der Waals surface area contributed by atoms with E-state index in [0.29, 0.717) is 35.8 Å². The van der Waals surface area contributed by atoms with Crippen LogP contribution in [0.4, 0.5) is 0 Å². The summed E-state index contributed by atoms with van der Waals surface area (Å²) in [6.07, 6.45) is 0.424. The summed E-state index contributed by atoms with van der Waals surface area (Å²) in [5, 5.41) is 7.22. The average molecular weight is 434 g/mol. The minimum Gasteiger partial charge on any atom is -0.351 e. The van der Waals surface area contributed by atoms with Crippen molar-refractivity contribution in [3.05, 3.63) is 57.2 Å². The van der Waals surface area contributed by atoms with Crippen LogP contribution >= 0.6 is 22.9 Å². The van der Waals surface area contributed by atoms with Crippen LogP contribution in [0.15, 0.2) is 41.1 Å². The van der Waals surface area contributed by atoms with Crippen molar-refractivity contribution < 1.29 is 14.4 Å². The van der Waals surface area contributed by atoms with Crippen molar-refractivity contribution in [3.8, 4) is 0 Å². The Morgan fingerprint density at radius 2 is 1.69 bits per heavy atom. The highest BCUT2D eigenvalue weighted by Crippen LogP contribution is 2.13. The van der Waals surface area contributed by atoms with Crippen molar-refractivity contribution >= 4 is 40.5 Å². The number of ketones is 1. The monoisotopic (exact) mass is 433 g/mol. The zero-order chi connectivity index (χ0) is 20.6. The van der Waals surface area contributed by atoms with Crippen LogP contribution in [0.25, 0.3) is 0 Å². The molecule has 1 aromatic heterocycles. The molecule has 2 amide bonds. The lowest BCUT2D eigenvalue weighted by atomic mass is 10.1. The van der Waals surface area contributed by atoms with E-state index in [1.807, 2.05) is 21.7 Å². The van der Waals surface area contributed by atoms with Gasteiger partial charge in [0, 0.05) is 73.6 Å². The third-order valence-electron chi connectivity index (χ3n) is 4.95. The summed E-state index contributed by atoms with van der Waals surface area (Å²) in [6.45, 7) is 4.17. The van der Waals surface area contributed by atoms with E-state index in [1.54, 1.807) is 24.3 Å². The molecule has 0 spiro atoms. The maximum atomic E-state index is 12.4. The normalized spacial score (nSPS) is 14.6. The van der Waals surface area contributed by atoms with Gasteiger partial charge in [-0.15, -0.1) is 0 Å². The second kappa shape index (κ2) is 10.5. The van der Waals surface area contributed by atoms with E-state index in [-0.39, 0.29) is 30.4 Å². The average Bonchev–Trinajstić information content (AvgIpc) is 3.28. The molecule has 0 aliphatic carbocycles. The molecule has 1 fully saturated rings. The molecular weight excluding hydrogens is 410 g/mol. The molecule has 2 heterocycles. The van der Waals surface area contributed by atoms with Crippen LogP contribution in [-0.4, -0.2) is 66.7 Å². The van der Waals surface area contributed by atoms with Crippen molar-refractivity contribution in [1.82, 2.24) is 15.1 Å². The molecule has 1 N–H and O–H groups in total. The van der Waals surface area contributed by atoms with Gasteiger partial charge in [-0.05, 0) is 35.7 Å². The summed E-state index contributed by atoms with van der Waals surface area (Å²) in [4.78, 5) is 40.6. The van der Waals surface area contributed by atoms with E-state index in [2.05, 4.69) is 10.2 Å². The number of hydrogen-bond donors (Lipinski definition) is 1. The fourth-order valence-electron chi connectivity index (χ4n) is 3.20. The molecule has 1 aromatic carbocycles. The summed E-state index contributed by atoms with van der Waals surface area (Å²) in [7, 11) is 0. The van der Waals surface area contributed by atoms with E-state index >= 15 is 0 Å². The molecule has 8 heteroatoms. The number of thiophene rings is 1. The van der Waals surface area contributed by atoms with Gasteiger partial charge < -0.3 is 10.2 Å². The van der Waals surface area contributed by atoms with Gasteiger partial charge in [-0.1, -0.05) is 11.6 Å². The molecule has 1 aliphatic heterocycles. The molecule has 0 saturated carbocycles. The van der Waals surface area contributed by atoms with Crippen molar-refractivity contribution in [2.75, 3.05) is 39.3 Å². The smallest absolute Gasteiger partial charge is 0.252 e. The van der Waals surface area contributed by atoms with Crippen molar-refractivity contribution in [1.29, 1.82) is 0 Å². The largest absolute Gasteiger partial charge is 0.351 e. The minimum atomic E-state index is -0.0505. The molecule has 0 unspecified atom stereocenters. The number of nitrogens with zero attached hydrogens (tertiary/aromatic N) is 2. The summed E-state index contributed by atoms with van der Waals surface area (Å²) in [5.41, 5.74) is 1.27. The Balaban J connectivity index is 1.33. The Kier molecular flexibility index (Phi) is 7.80. The van der Waals surface area contributed by atoms with Gasteiger partial charge in [-0.25, -0.2) is 0 Å². The number of halogens is 1. The molecular formula is C21H24ClN3O3S. The van der Waals surface area contributed by atoms with Crippen LogP contribution in [0.3, 0.4) is 0 Å². The third kappa shape index (κ3) is 6.39. The number of rotatable bonds is 8. The molecule has 1 saturated heterocycles. The van der Waals surface area contributed by atoms with Crippen molar-refractivity contribution in [3.63, 3.8) is 0 Å². The number of amides is 2. The maximum absolute atomic E-state index is 12.4. The van der Waals surface area contributed by atoms with Crippen LogP contribution in [-0.2, 0) is 4.79 Å².